The second-order valence-corrected chi connectivity index (χ2v) is 32.9. The molecule has 0 radical (unpaired) electrons. The van der Waals surface area contributed by atoms with Crippen molar-refractivity contribution in [2.24, 2.45) is 11.8 Å². The highest BCUT2D eigenvalue weighted by Crippen LogP contribution is 2.48. The molecule has 3 atom stereocenters. The fraction of sp³-hybridized carbons (Fsp3) is 0.532. The Labute approximate surface area is 663 Å². The maximum Gasteiger partial charge on any atom is 0.421 e. The molecule has 2 unspecified atom stereocenters. The van der Waals surface area contributed by atoms with Crippen LogP contribution in [0.5, 0.6) is 0 Å². The zero-order valence-electron chi connectivity index (χ0n) is 65.8. The summed E-state index contributed by atoms with van der Waals surface area (Å²) in [6, 6.07) is 1.85. The Morgan fingerprint density at radius 3 is 1.21 bits per heavy atom. The zero-order valence-corrected chi connectivity index (χ0v) is 65.8. The molecule has 39 heteroatoms. The summed E-state index contributed by atoms with van der Waals surface area (Å²) in [4.78, 5) is 99.8. The van der Waals surface area contributed by atoms with E-state index in [1.54, 1.807) is 37.2 Å². The lowest BCUT2D eigenvalue weighted by atomic mass is 9.86. The molecule has 12 aromatic heterocycles. The van der Waals surface area contributed by atoms with Crippen LogP contribution in [0.25, 0.3) is 90.2 Å². The van der Waals surface area contributed by atoms with E-state index in [0.717, 1.165) is 143 Å². The van der Waals surface area contributed by atoms with Crippen LogP contribution in [-0.2, 0) is 61.9 Å². The molecule has 116 heavy (non-hydrogen) atoms. The van der Waals surface area contributed by atoms with E-state index in [9.17, 15) is 13.2 Å². The molecule has 3 saturated heterocycles. The van der Waals surface area contributed by atoms with Crippen LogP contribution in [0, 0.1) is 11.8 Å². The highest BCUT2D eigenvalue weighted by Gasteiger charge is 2.50. The van der Waals surface area contributed by atoms with E-state index < -0.39 is 29.1 Å². The number of hydrogen-bond acceptors (Lipinski definition) is 32. The van der Waals surface area contributed by atoms with Gasteiger partial charge in [0, 0.05) is 127 Å². The molecular weight excluding hydrogens is 1490 g/mol. The maximum atomic E-state index is 13.5. The van der Waals surface area contributed by atoms with Gasteiger partial charge in [-0.2, -0.15) is 13.2 Å². The van der Waals surface area contributed by atoms with E-state index >= 15 is 0 Å². The van der Waals surface area contributed by atoms with Gasteiger partial charge in [0.15, 0.2) is 91.2 Å². The van der Waals surface area contributed by atoms with Crippen LogP contribution >= 0.6 is 0 Å². The Balaban J connectivity index is 0.000000103. The smallest absolute Gasteiger partial charge is 0.368 e. The molecule has 7 aliphatic heterocycles. The summed E-state index contributed by atoms with van der Waals surface area (Å²) >= 11 is 0. The van der Waals surface area contributed by atoms with Gasteiger partial charge in [-0.05, 0) is 131 Å². The van der Waals surface area contributed by atoms with Crippen molar-refractivity contribution in [3.63, 3.8) is 0 Å². The molecule has 0 amide bonds. The van der Waals surface area contributed by atoms with Crippen molar-refractivity contribution in [2.45, 2.75) is 199 Å². The van der Waals surface area contributed by atoms with Crippen molar-refractivity contribution in [1.82, 2.24) is 118 Å². The van der Waals surface area contributed by atoms with Gasteiger partial charge in [-0.1, -0.05) is 0 Å². The highest BCUT2D eigenvalue weighted by molar-refractivity contribution is 5.90. The van der Waals surface area contributed by atoms with Gasteiger partial charge in [-0.15, -0.1) is 0 Å². The zero-order chi connectivity index (χ0) is 80.0. The maximum absolute atomic E-state index is 13.5. The third-order valence-electron chi connectivity index (χ3n) is 24.3. The first kappa shape index (κ1) is 74.6. The predicted molar refractivity (Wildman–Crippen MR) is 424 cm³/mol. The Kier molecular flexibility index (Phi) is 18.3. The number of nitrogen functional groups attached to an aromatic ring is 4. The molecule has 4 saturated carbocycles. The van der Waals surface area contributed by atoms with E-state index in [1.807, 2.05) is 13.8 Å². The standard InChI is InChI=1S/C20H24N8O.C20H26N8O.C19H24N8O.C18H17F3N8O/c1-20(2)18-24-14-16(27(18)5-6-29-20)25-15(12-8-22-19(21)23-9-12)26-17(14)28-10-11-3-4-13(28)7-11;1-4-27(13-6-5-7-13)16-14-17(28-8-9-29-20(2,3)18(28)24-14)26-15(25-16)12-10-22-19(21)23-11-12;1-19(2)17-23-13-15(26(3)12-5-4-6-12)24-14(11-9-21-18(20)22-10-11)25-16(13)27(17)7-8-28-19;19-18(20,21)12-16-25-11-14(28(16)1-2-30-12)26-13(9-5-23-17(22)24-6-9)27-15(11)29-7-8-3-10(29)4-8/h8-9,11,13H,3-7,10H2,1-2H3,(H2,21,22,23);10-11,13H,4-9H2,1-3H3,(H2,21,22,23);9-10,12H,4-8H2,1-3H3,(H2,20,21,22);5-6,8,10,12H,1-4,7H2,(H2,22,23,24)/t;;;8?,10?,12-/m...1/s1. The summed E-state index contributed by atoms with van der Waals surface area (Å²) in [5.41, 5.74) is 29.7. The Hall–Kier alpha value is -11.5. The first-order valence-electron chi connectivity index (χ1n) is 39.9. The lowest BCUT2D eigenvalue weighted by molar-refractivity contribution is -0.233. The number of nitrogens with two attached hydrogens (primary N) is 4. The van der Waals surface area contributed by atoms with Gasteiger partial charge in [-0.25, -0.2) is 99.7 Å². The third-order valence-corrected chi connectivity index (χ3v) is 24.3. The van der Waals surface area contributed by atoms with Crippen LogP contribution in [0.4, 0.5) is 60.2 Å². The minimum absolute atomic E-state index is 0.0727. The van der Waals surface area contributed by atoms with Crippen molar-refractivity contribution < 1.29 is 32.1 Å². The van der Waals surface area contributed by atoms with E-state index in [2.05, 4.69) is 130 Å². The second-order valence-electron chi connectivity index (χ2n) is 32.9. The third kappa shape index (κ3) is 13.2. The molecule has 4 bridgehead atoms. The monoisotopic (exact) mass is 1580 g/mol. The van der Waals surface area contributed by atoms with Gasteiger partial charge < -0.3 is 79.8 Å². The number of anilines is 8. The van der Waals surface area contributed by atoms with Crippen LogP contribution in [0.2, 0.25) is 0 Å². The van der Waals surface area contributed by atoms with Crippen LogP contribution < -0.4 is 42.5 Å². The molecule has 11 aliphatic rings. The van der Waals surface area contributed by atoms with Crippen LogP contribution in [-0.4, -0.2) is 201 Å². The number of aromatic nitrogens is 24. The minimum atomic E-state index is -4.56. The van der Waals surface area contributed by atoms with E-state index in [0.29, 0.717) is 95.7 Å². The van der Waals surface area contributed by atoms with Gasteiger partial charge in [-0.3, -0.25) is 0 Å². The normalized spacial score (nSPS) is 21.9. The number of fused-ring (bicyclic) bond motifs is 15. The van der Waals surface area contributed by atoms with Crippen LogP contribution in [0.15, 0.2) is 49.6 Å². The summed E-state index contributed by atoms with van der Waals surface area (Å²) in [5.74, 6) is 10.0. The van der Waals surface area contributed by atoms with E-state index in [1.165, 1.54) is 74.7 Å². The average Bonchev–Trinajstić information content (AvgIpc) is 1.58. The van der Waals surface area contributed by atoms with Crippen LogP contribution in [0.3, 0.4) is 0 Å². The quantitative estimate of drug-likeness (QED) is 0.0938. The Morgan fingerprint density at radius 1 is 0.431 bits per heavy atom. The SMILES string of the molecule is CC1(C)OCCn2c1nc1c(N3CC4CCC3C4)nc(-c3cnc(N)nc3)nc12.CCN(c1nc(-c2cnc(N)nc2)nc2c1nc1n2CCOC1(C)C)C1CCC1.CN(c1nc(-c2cnc(N)nc2)nc2c1nc1n2CCOC1(C)C)C1CCC1.Nc1ncc(-c2nc(N3CC4CC3C4)c3nc4n(c3n2)CCO[C@H]4C(F)(F)F)cn1. The van der Waals surface area contributed by atoms with Gasteiger partial charge in [0.2, 0.25) is 29.9 Å². The van der Waals surface area contributed by atoms with Crippen molar-refractivity contribution in [2.75, 3.05) is 95.6 Å². The van der Waals surface area contributed by atoms with Crippen molar-refractivity contribution in [1.29, 1.82) is 0 Å². The number of hydrogen-bond donors (Lipinski definition) is 4. The number of piperidine rings is 1. The Morgan fingerprint density at radius 2 is 0.810 bits per heavy atom. The summed E-state index contributed by atoms with van der Waals surface area (Å²) in [6.07, 6.45) is 19.5. The molecule has 0 spiro atoms. The molecule has 4 aliphatic carbocycles. The summed E-state index contributed by atoms with van der Waals surface area (Å²) in [6.45, 7) is 21.4. The molecule has 12 aromatic rings. The second kappa shape index (κ2) is 28.5. The number of ether oxygens (including phenoxy) is 4. The minimum Gasteiger partial charge on any atom is -0.368 e. The lowest BCUT2D eigenvalue weighted by Gasteiger charge is -2.37. The number of rotatable bonds is 11. The molecule has 0 aromatic carbocycles. The van der Waals surface area contributed by atoms with E-state index in [-0.39, 0.29) is 42.8 Å². The molecule has 8 N–H and O–H groups in total. The van der Waals surface area contributed by atoms with Crippen molar-refractivity contribution in [3.05, 3.63) is 72.9 Å². The van der Waals surface area contributed by atoms with Gasteiger partial charge in [0.1, 0.15) is 40.1 Å². The van der Waals surface area contributed by atoms with Crippen molar-refractivity contribution in [3.8, 4) is 45.6 Å². The summed E-state index contributed by atoms with van der Waals surface area (Å²) < 4.78 is 71.6. The topological polar surface area (TPSA) is 431 Å². The van der Waals surface area contributed by atoms with Crippen molar-refractivity contribution >= 4 is 91.7 Å². The molecule has 7 fully saturated rings. The predicted octanol–water partition coefficient (Wildman–Crippen LogP) is 8.85. The fourth-order valence-corrected chi connectivity index (χ4v) is 17.7. The first-order chi connectivity index (χ1) is 55.8. The molecule has 19 heterocycles. The molecule has 23 rings (SSSR count). The Bertz CT molecular complexity index is 5590. The van der Waals surface area contributed by atoms with Crippen LogP contribution in [0.1, 0.15) is 148 Å². The first-order valence-corrected chi connectivity index (χ1v) is 39.9. The fourth-order valence-electron chi connectivity index (χ4n) is 17.7. The van der Waals surface area contributed by atoms with Gasteiger partial charge in [0.25, 0.3) is 0 Å². The van der Waals surface area contributed by atoms with Gasteiger partial charge in [0.05, 0.1) is 48.7 Å². The molecule has 36 nitrogen and oxygen atoms in total. The summed E-state index contributed by atoms with van der Waals surface area (Å²) in [7, 11) is 2.09. The van der Waals surface area contributed by atoms with E-state index in [4.69, 9.17) is 86.7 Å². The highest BCUT2D eigenvalue weighted by atomic mass is 19.4. The molecule has 604 valence electrons. The number of halogens is 3. The number of imidazole rings is 4. The van der Waals surface area contributed by atoms with Gasteiger partial charge >= 0.3 is 6.18 Å². The summed E-state index contributed by atoms with van der Waals surface area (Å²) in [5, 5.41) is 0. The lowest BCUT2D eigenvalue weighted by Crippen LogP contribution is -2.40. The number of alkyl halides is 3. The molecular formula is C77H91F3N32O4. The largest absolute Gasteiger partial charge is 0.421 e. The number of nitrogens with zero attached hydrogens (tertiary/aromatic N) is 28. The average molecular weight is 1590 g/mol.